The zero-order chi connectivity index (χ0) is 22.5. The number of rotatable bonds is 7. The summed E-state index contributed by atoms with van der Waals surface area (Å²) < 4.78 is 6.06. The number of phenols is 1. The van der Waals surface area contributed by atoms with Crippen molar-refractivity contribution in [1.82, 2.24) is 10.2 Å². The van der Waals surface area contributed by atoms with Gasteiger partial charge in [-0.05, 0) is 92.4 Å². The number of nitrogens with zero attached hydrogens (tertiary/aromatic N) is 1. The molecule has 5 rings (SSSR count). The van der Waals surface area contributed by atoms with Crippen LogP contribution in [-0.4, -0.2) is 41.8 Å². The van der Waals surface area contributed by atoms with Crippen LogP contribution < -0.4 is 10.1 Å². The first kappa shape index (κ1) is 22.7. The molecule has 178 valence electrons. The van der Waals surface area contributed by atoms with Gasteiger partial charge in [0.25, 0.3) is 0 Å². The summed E-state index contributed by atoms with van der Waals surface area (Å²) in [6.45, 7) is 3.04. The Morgan fingerprint density at radius 1 is 0.939 bits per heavy atom. The molecule has 2 aliphatic heterocycles. The molecule has 1 aliphatic carbocycles. The van der Waals surface area contributed by atoms with Crippen LogP contribution in [0.25, 0.3) is 0 Å². The van der Waals surface area contributed by atoms with Gasteiger partial charge in [0.2, 0.25) is 0 Å². The first-order valence-corrected chi connectivity index (χ1v) is 13.3. The molecule has 2 unspecified atom stereocenters. The number of nitrogens with one attached hydrogen (secondary N) is 1. The molecule has 1 saturated carbocycles. The number of hydrogen-bond donors (Lipinski definition) is 2. The Balaban J connectivity index is 1.25. The van der Waals surface area contributed by atoms with Gasteiger partial charge in [-0.2, -0.15) is 0 Å². The van der Waals surface area contributed by atoms with Gasteiger partial charge in [0.1, 0.15) is 11.5 Å². The number of aromatic hydroxyl groups is 1. The summed E-state index contributed by atoms with van der Waals surface area (Å²) in [5.41, 5.74) is 4.09. The van der Waals surface area contributed by atoms with E-state index in [2.05, 4.69) is 40.5 Å². The summed E-state index contributed by atoms with van der Waals surface area (Å²) in [6.07, 6.45) is 13.8. The predicted molar refractivity (Wildman–Crippen MR) is 134 cm³/mol. The summed E-state index contributed by atoms with van der Waals surface area (Å²) in [5, 5.41) is 13.6. The Kier molecular flexibility index (Phi) is 7.53. The third kappa shape index (κ3) is 5.73. The first-order valence-electron chi connectivity index (χ1n) is 13.3. The average molecular weight is 449 g/mol. The molecule has 3 aliphatic rings. The molecule has 0 radical (unpaired) electrons. The molecule has 2 heterocycles. The topological polar surface area (TPSA) is 44.7 Å². The zero-order valence-corrected chi connectivity index (χ0v) is 20.0. The van der Waals surface area contributed by atoms with E-state index >= 15 is 0 Å². The summed E-state index contributed by atoms with van der Waals surface area (Å²) in [5.74, 6) is 1.37. The molecule has 0 bridgehead atoms. The first-order chi connectivity index (χ1) is 16.3. The van der Waals surface area contributed by atoms with Crippen molar-refractivity contribution < 1.29 is 9.84 Å². The van der Waals surface area contributed by atoms with Crippen LogP contribution in [0.15, 0.2) is 42.5 Å². The van der Waals surface area contributed by atoms with Gasteiger partial charge < -0.3 is 15.2 Å². The molecular weight excluding hydrogens is 408 g/mol. The predicted octanol–water partition coefficient (Wildman–Crippen LogP) is 5.78. The van der Waals surface area contributed by atoms with Crippen molar-refractivity contribution in [3.63, 3.8) is 0 Å². The summed E-state index contributed by atoms with van der Waals surface area (Å²) in [4.78, 5) is 2.78. The molecule has 33 heavy (non-hydrogen) atoms. The Morgan fingerprint density at radius 3 is 2.55 bits per heavy atom. The lowest BCUT2D eigenvalue weighted by atomic mass is 9.84. The lowest BCUT2D eigenvalue weighted by Gasteiger charge is -2.44. The van der Waals surface area contributed by atoms with E-state index in [-0.39, 0.29) is 0 Å². The summed E-state index contributed by atoms with van der Waals surface area (Å²) >= 11 is 0. The average Bonchev–Trinajstić information content (AvgIpc) is 2.86. The van der Waals surface area contributed by atoms with Gasteiger partial charge in [0.15, 0.2) is 0 Å². The quantitative estimate of drug-likeness (QED) is 0.564. The highest BCUT2D eigenvalue weighted by Crippen LogP contribution is 2.38. The Labute approximate surface area is 199 Å². The second-order valence-electron chi connectivity index (χ2n) is 10.3. The van der Waals surface area contributed by atoms with Crippen LogP contribution >= 0.6 is 0 Å². The molecule has 2 N–H and O–H groups in total. The maximum atomic E-state index is 10.0. The van der Waals surface area contributed by atoms with Gasteiger partial charge in [-0.25, -0.2) is 0 Å². The van der Waals surface area contributed by atoms with Crippen molar-refractivity contribution in [2.75, 3.05) is 19.7 Å². The molecule has 4 nitrogen and oxygen atoms in total. The van der Waals surface area contributed by atoms with Gasteiger partial charge in [0.05, 0.1) is 6.61 Å². The van der Waals surface area contributed by atoms with Crippen LogP contribution in [0.5, 0.6) is 11.5 Å². The molecule has 4 heteroatoms. The van der Waals surface area contributed by atoms with E-state index in [1.165, 1.54) is 68.1 Å². The van der Waals surface area contributed by atoms with Crippen LogP contribution in [0.1, 0.15) is 80.5 Å². The Bertz CT molecular complexity index is 885. The highest BCUT2D eigenvalue weighted by molar-refractivity contribution is 5.40. The van der Waals surface area contributed by atoms with E-state index in [1.807, 2.05) is 12.1 Å². The van der Waals surface area contributed by atoms with Gasteiger partial charge in [-0.1, -0.05) is 43.9 Å². The zero-order valence-electron chi connectivity index (χ0n) is 20.0. The molecule has 0 spiro atoms. The summed E-state index contributed by atoms with van der Waals surface area (Å²) in [7, 11) is 0. The molecule has 0 aromatic heterocycles. The largest absolute Gasteiger partial charge is 0.508 e. The molecule has 2 aromatic carbocycles. The van der Waals surface area contributed by atoms with Crippen molar-refractivity contribution in [2.24, 2.45) is 0 Å². The number of hydrogen-bond acceptors (Lipinski definition) is 4. The Morgan fingerprint density at radius 2 is 1.76 bits per heavy atom. The fourth-order valence-electron chi connectivity index (χ4n) is 6.23. The van der Waals surface area contributed by atoms with E-state index < -0.39 is 0 Å². The van der Waals surface area contributed by atoms with Crippen molar-refractivity contribution in [3.05, 3.63) is 59.2 Å². The highest BCUT2D eigenvalue weighted by Gasteiger charge is 2.33. The van der Waals surface area contributed by atoms with Crippen LogP contribution in [0, 0.1) is 0 Å². The van der Waals surface area contributed by atoms with Gasteiger partial charge in [-0.15, -0.1) is 0 Å². The molecular formula is C29H40N2O2. The van der Waals surface area contributed by atoms with Gasteiger partial charge >= 0.3 is 0 Å². The van der Waals surface area contributed by atoms with Gasteiger partial charge in [-0.3, -0.25) is 4.90 Å². The standard InChI is InChI=1S/C29H40N2O2/c32-26-11-14-28-23(21-26)15-18-31(25-7-2-1-3-8-25)29(28)20-22-9-12-27(13-10-22)33-19-16-24-6-4-5-17-30-24/h9-14,21,24-25,29-30,32H,1-8,15-20H2. The number of benzene rings is 2. The maximum absolute atomic E-state index is 10.0. The normalized spacial score (nSPS) is 24.4. The van der Waals surface area contributed by atoms with E-state index in [4.69, 9.17) is 4.74 Å². The molecule has 2 atom stereocenters. The minimum absolute atomic E-state index is 0.390. The third-order valence-corrected chi connectivity index (χ3v) is 8.07. The molecule has 2 fully saturated rings. The maximum Gasteiger partial charge on any atom is 0.119 e. The van der Waals surface area contributed by atoms with Crippen LogP contribution in [0.4, 0.5) is 0 Å². The van der Waals surface area contributed by atoms with E-state index in [9.17, 15) is 5.11 Å². The van der Waals surface area contributed by atoms with Crippen LogP contribution in [0.3, 0.4) is 0 Å². The lowest BCUT2D eigenvalue weighted by molar-refractivity contribution is 0.0945. The highest BCUT2D eigenvalue weighted by atomic mass is 16.5. The van der Waals surface area contributed by atoms with E-state index in [0.717, 1.165) is 44.7 Å². The van der Waals surface area contributed by atoms with Crippen molar-refractivity contribution >= 4 is 0 Å². The monoisotopic (exact) mass is 448 g/mol. The fraction of sp³-hybridized carbons (Fsp3) is 0.586. The minimum Gasteiger partial charge on any atom is -0.508 e. The molecule has 1 saturated heterocycles. The number of fused-ring (bicyclic) bond motifs is 1. The van der Waals surface area contributed by atoms with E-state index in [1.54, 1.807) is 0 Å². The fourth-order valence-corrected chi connectivity index (χ4v) is 6.23. The number of phenolic OH excluding ortho intramolecular Hbond substituents is 1. The van der Waals surface area contributed by atoms with Crippen molar-refractivity contribution in [1.29, 1.82) is 0 Å². The second kappa shape index (κ2) is 10.9. The molecule has 0 amide bonds. The molecule has 2 aromatic rings. The third-order valence-electron chi connectivity index (χ3n) is 8.07. The summed E-state index contributed by atoms with van der Waals surface area (Å²) in [6, 6.07) is 16.5. The second-order valence-corrected chi connectivity index (χ2v) is 10.3. The SMILES string of the molecule is Oc1ccc2c(c1)CCN(C1CCCCC1)C2Cc1ccc(OCCC2CCCCN2)cc1. The minimum atomic E-state index is 0.390. The Hall–Kier alpha value is -2.04. The van der Waals surface area contributed by atoms with Gasteiger partial charge in [0, 0.05) is 24.7 Å². The van der Waals surface area contributed by atoms with Crippen molar-refractivity contribution in [3.8, 4) is 11.5 Å². The smallest absolute Gasteiger partial charge is 0.119 e. The van der Waals surface area contributed by atoms with Crippen LogP contribution in [-0.2, 0) is 12.8 Å². The number of piperidine rings is 1. The van der Waals surface area contributed by atoms with Crippen LogP contribution in [0.2, 0.25) is 0 Å². The lowest BCUT2D eigenvalue weighted by Crippen LogP contribution is -2.44. The van der Waals surface area contributed by atoms with Crippen molar-refractivity contribution in [2.45, 2.75) is 88.8 Å². The van der Waals surface area contributed by atoms with E-state index in [0.29, 0.717) is 23.9 Å². The number of ether oxygens (including phenoxy) is 1.